The van der Waals surface area contributed by atoms with Crippen LogP contribution < -0.4 is 0 Å². The van der Waals surface area contributed by atoms with Crippen molar-refractivity contribution < 1.29 is 14.0 Å². The Labute approximate surface area is 74.8 Å². The van der Waals surface area contributed by atoms with Gasteiger partial charge in [-0.15, -0.1) is 0 Å². The summed E-state index contributed by atoms with van der Waals surface area (Å²) in [4.78, 5) is 0. The summed E-state index contributed by atoms with van der Waals surface area (Å²) < 4.78 is 11.6. The van der Waals surface area contributed by atoms with Crippen LogP contribution in [0.2, 0.25) is 0 Å². The Morgan fingerprint density at radius 1 is 1.33 bits per heavy atom. The molecule has 1 fully saturated rings. The van der Waals surface area contributed by atoms with Crippen molar-refractivity contribution in [3.05, 3.63) is 0 Å². The van der Waals surface area contributed by atoms with Gasteiger partial charge in [0.25, 0.3) is 0 Å². The summed E-state index contributed by atoms with van der Waals surface area (Å²) in [6.07, 6.45) is 0. The zero-order valence-corrected chi connectivity index (χ0v) is 8.21. The van der Waals surface area contributed by atoms with Crippen LogP contribution in [-0.4, -0.2) is 57.6 Å². The maximum atomic E-state index is 5.35. The van der Waals surface area contributed by atoms with Gasteiger partial charge in [-0.1, -0.05) is 0 Å². The highest BCUT2D eigenvalue weighted by atomic mass is 16.5. The molecule has 0 saturated carbocycles. The maximum Gasteiger partial charge on any atom is 0.103 e. The van der Waals surface area contributed by atoms with Gasteiger partial charge in [0, 0.05) is 7.11 Å². The maximum absolute atomic E-state index is 5.35. The monoisotopic (exact) mass is 174 g/mol. The molecule has 1 aliphatic heterocycles. The largest absolute Gasteiger partial charge is 0.379 e. The van der Waals surface area contributed by atoms with Crippen LogP contribution in [0.5, 0.6) is 0 Å². The number of quaternary nitrogens is 1. The van der Waals surface area contributed by atoms with Crippen molar-refractivity contribution in [1.82, 2.24) is 0 Å². The van der Waals surface area contributed by atoms with Crippen LogP contribution in [-0.2, 0) is 9.47 Å². The zero-order valence-electron chi connectivity index (χ0n) is 8.21. The first-order chi connectivity index (χ1) is 5.83. The molecule has 0 amide bonds. The number of morpholine rings is 1. The van der Waals surface area contributed by atoms with Crippen LogP contribution >= 0.6 is 0 Å². The summed E-state index contributed by atoms with van der Waals surface area (Å²) in [5, 5.41) is 0. The van der Waals surface area contributed by atoms with Crippen molar-refractivity contribution in [3.63, 3.8) is 0 Å². The molecule has 1 rings (SSSR count). The smallest absolute Gasteiger partial charge is 0.103 e. The Kier molecular flexibility index (Phi) is 3.98. The second-order valence-electron chi connectivity index (χ2n) is 3.43. The molecular formula is C9H20NO2+. The van der Waals surface area contributed by atoms with Crippen LogP contribution in [0, 0.1) is 0 Å². The van der Waals surface area contributed by atoms with E-state index in [1.165, 1.54) is 11.0 Å². The molecule has 0 N–H and O–H groups in total. The fraction of sp³-hybridized carbons (Fsp3) is 1.00. The van der Waals surface area contributed by atoms with E-state index in [4.69, 9.17) is 9.47 Å². The molecular weight excluding hydrogens is 154 g/mol. The summed E-state index contributed by atoms with van der Waals surface area (Å²) in [6, 6.07) is 0. The Hall–Kier alpha value is -0.120. The van der Waals surface area contributed by atoms with Gasteiger partial charge < -0.3 is 14.0 Å². The summed E-state index contributed by atoms with van der Waals surface area (Å²) in [5.74, 6) is 0. The molecule has 1 saturated heterocycles. The number of nitrogens with zero attached hydrogens (tertiary/aromatic N) is 1. The third-order valence-electron chi connectivity index (χ3n) is 2.86. The molecule has 0 spiro atoms. The van der Waals surface area contributed by atoms with Gasteiger partial charge in [-0.05, 0) is 6.92 Å². The van der Waals surface area contributed by atoms with Gasteiger partial charge in [0.05, 0.1) is 26.4 Å². The minimum Gasteiger partial charge on any atom is -0.379 e. The first kappa shape index (κ1) is 9.96. The van der Waals surface area contributed by atoms with E-state index < -0.39 is 0 Å². The van der Waals surface area contributed by atoms with Crippen LogP contribution in [0.25, 0.3) is 0 Å². The number of ether oxygens (including phenoxy) is 2. The summed E-state index contributed by atoms with van der Waals surface area (Å²) in [6.45, 7) is 9.59. The SMILES string of the molecule is CC[N+]1(CCOC)CCOCC1. The second-order valence-corrected chi connectivity index (χ2v) is 3.43. The standard InChI is InChI=1S/C9H20NO2/c1-3-10(4-7-11-2)5-8-12-9-6-10/h3-9H2,1-2H3/q+1. The van der Waals surface area contributed by atoms with E-state index in [0.717, 1.165) is 39.5 Å². The number of methoxy groups -OCH3 is 1. The number of rotatable bonds is 4. The lowest BCUT2D eigenvalue weighted by atomic mass is 10.3. The minimum atomic E-state index is 0.869. The topological polar surface area (TPSA) is 18.5 Å². The zero-order chi connectivity index (χ0) is 8.86. The van der Waals surface area contributed by atoms with Crippen LogP contribution in [0.3, 0.4) is 0 Å². The number of hydrogen-bond donors (Lipinski definition) is 0. The molecule has 72 valence electrons. The van der Waals surface area contributed by atoms with E-state index in [1.807, 2.05) is 0 Å². The predicted octanol–water partition coefficient (Wildman–Crippen LogP) is 0.500. The highest BCUT2D eigenvalue weighted by Gasteiger charge is 2.27. The molecule has 0 aliphatic carbocycles. The van der Waals surface area contributed by atoms with Crippen LogP contribution in [0.1, 0.15) is 6.92 Å². The number of likely N-dealkylation sites (N-methyl/N-ethyl adjacent to an activating group) is 1. The fourth-order valence-electron chi connectivity index (χ4n) is 1.71. The highest BCUT2D eigenvalue weighted by molar-refractivity contribution is 4.48. The van der Waals surface area contributed by atoms with E-state index in [-0.39, 0.29) is 0 Å². The Balaban J connectivity index is 2.37. The van der Waals surface area contributed by atoms with Gasteiger partial charge >= 0.3 is 0 Å². The van der Waals surface area contributed by atoms with E-state index >= 15 is 0 Å². The van der Waals surface area contributed by atoms with Gasteiger partial charge in [-0.3, -0.25) is 0 Å². The lowest BCUT2D eigenvalue weighted by Crippen LogP contribution is -2.56. The summed E-state index contributed by atoms with van der Waals surface area (Å²) in [7, 11) is 1.77. The van der Waals surface area contributed by atoms with E-state index in [0.29, 0.717) is 0 Å². The molecule has 0 aromatic rings. The molecule has 0 aromatic heterocycles. The molecule has 0 atom stereocenters. The van der Waals surface area contributed by atoms with Crippen molar-refractivity contribution in [3.8, 4) is 0 Å². The Morgan fingerprint density at radius 2 is 2.00 bits per heavy atom. The van der Waals surface area contributed by atoms with E-state index in [9.17, 15) is 0 Å². The minimum absolute atomic E-state index is 0.869. The molecule has 0 radical (unpaired) electrons. The summed E-state index contributed by atoms with van der Waals surface area (Å²) >= 11 is 0. The average Bonchev–Trinajstić information content (AvgIpc) is 2.16. The Bertz CT molecular complexity index is 122. The molecule has 3 nitrogen and oxygen atoms in total. The molecule has 1 aliphatic rings. The first-order valence-electron chi connectivity index (χ1n) is 4.75. The lowest BCUT2D eigenvalue weighted by molar-refractivity contribution is -0.933. The lowest BCUT2D eigenvalue weighted by Gasteiger charge is -2.40. The quantitative estimate of drug-likeness (QED) is 0.578. The highest BCUT2D eigenvalue weighted by Crippen LogP contribution is 2.10. The van der Waals surface area contributed by atoms with Crippen molar-refractivity contribution in [1.29, 1.82) is 0 Å². The first-order valence-corrected chi connectivity index (χ1v) is 4.75. The molecule has 3 heteroatoms. The number of hydrogen-bond acceptors (Lipinski definition) is 2. The van der Waals surface area contributed by atoms with Crippen LogP contribution in [0.4, 0.5) is 0 Å². The molecule has 1 heterocycles. The van der Waals surface area contributed by atoms with E-state index in [2.05, 4.69) is 6.92 Å². The van der Waals surface area contributed by atoms with Crippen molar-refractivity contribution in [2.45, 2.75) is 6.92 Å². The van der Waals surface area contributed by atoms with Crippen molar-refractivity contribution >= 4 is 0 Å². The van der Waals surface area contributed by atoms with Gasteiger partial charge in [-0.2, -0.15) is 0 Å². The average molecular weight is 174 g/mol. The normalized spacial score (nSPS) is 22.5. The van der Waals surface area contributed by atoms with E-state index in [1.54, 1.807) is 7.11 Å². The van der Waals surface area contributed by atoms with Crippen molar-refractivity contribution in [2.75, 3.05) is 53.1 Å². The van der Waals surface area contributed by atoms with Gasteiger partial charge in [0.1, 0.15) is 19.6 Å². The fourth-order valence-corrected chi connectivity index (χ4v) is 1.71. The molecule has 0 bridgehead atoms. The van der Waals surface area contributed by atoms with Crippen molar-refractivity contribution in [2.24, 2.45) is 0 Å². The second kappa shape index (κ2) is 4.80. The van der Waals surface area contributed by atoms with Gasteiger partial charge in [0.2, 0.25) is 0 Å². The van der Waals surface area contributed by atoms with Gasteiger partial charge in [0.15, 0.2) is 0 Å². The molecule has 12 heavy (non-hydrogen) atoms. The summed E-state index contributed by atoms with van der Waals surface area (Å²) in [5.41, 5.74) is 0. The molecule has 0 aromatic carbocycles. The molecule has 0 unspecified atom stereocenters. The van der Waals surface area contributed by atoms with Crippen LogP contribution in [0.15, 0.2) is 0 Å². The predicted molar refractivity (Wildman–Crippen MR) is 48.1 cm³/mol. The Morgan fingerprint density at radius 3 is 2.50 bits per heavy atom. The van der Waals surface area contributed by atoms with Gasteiger partial charge in [-0.25, -0.2) is 0 Å². The third-order valence-corrected chi connectivity index (χ3v) is 2.86. The third kappa shape index (κ3) is 2.44.